The molecule has 5 heteroatoms. The summed E-state index contributed by atoms with van der Waals surface area (Å²) in [6.07, 6.45) is 2.70. The molecule has 0 radical (unpaired) electrons. The quantitative estimate of drug-likeness (QED) is 0.920. The van der Waals surface area contributed by atoms with E-state index in [-0.39, 0.29) is 11.8 Å². The fourth-order valence-electron chi connectivity index (χ4n) is 4.03. The first kappa shape index (κ1) is 16.5. The molecule has 5 nitrogen and oxygen atoms in total. The molecule has 2 heterocycles. The van der Waals surface area contributed by atoms with Crippen LogP contribution in [0, 0.1) is 11.3 Å². The van der Waals surface area contributed by atoms with Crippen LogP contribution in [0.15, 0.2) is 36.4 Å². The fraction of sp³-hybridized carbons (Fsp3) is 0.333. The summed E-state index contributed by atoms with van der Waals surface area (Å²) >= 11 is 0. The number of benzene rings is 2. The second kappa shape index (κ2) is 6.72. The average molecular weight is 347 g/mol. The van der Waals surface area contributed by atoms with E-state index in [4.69, 9.17) is 4.74 Å². The number of hydrogen-bond acceptors (Lipinski definition) is 4. The van der Waals surface area contributed by atoms with Gasteiger partial charge in [-0.05, 0) is 36.1 Å². The SMILES string of the molecule is COc1cc2c(cc1N1CCCC1)[C@@H](c1ccccc1C#N)CC(=O)N2. The molecule has 2 aliphatic rings. The molecule has 0 spiro atoms. The maximum absolute atomic E-state index is 12.3. The number of ether oxygens (including phenoxy) is 1. The van der Waals surface area contributed by atoms with E-state index < -0.39 is 0 Å². The molecule has 0 unspecified atom stereocenters. The third-order valence-corrected chi connectivity index (χ3v) is 5.29. The molecule has 2 aromatic carbocycles. The standard InChI is InChI=1S/C21H21N3O2/c1-26-20-12-18-17(10-19(20)24-8-4-5-9-24)16(11-21(25)23-18)15-7-3-2-6-14(15)13-22/h2-3,6-7,10,12,16H,4-5,8-9,11H2,1H3,(H,23,25)/t16-/m1/s1. The Hall–Kier alpha value is -3.00. The predicted molar refractivity (Wildman–Crippen MR) is 101 cm³/mol. The number of anilines is 2. The van der Waals surface area contributed by atoms with Gasteiger partial charge < -0.3 is 15.0 Å². The predicted octanol–water partition coefficient (Wildman–Crippen LogP) is 3.64. The number of carbonyl (C=O) groups is 1. The van der Waals surface area contributed by atoms with Crippen LogP contribution in [-0.2, 0) is 4.79 Å². The van der Waals surface area contributed by atoms with Gasteiger partial charge in [-0.15, -0.1) is 0 Å². The van der Waals surface area contributed by atoms with E-state index >= 15 is 0 Å². The highest BCUT2D eigenvalue weighted by molar-refractivity contribution is 5.96. The lowest BCUT2D eigenvalue weighted by Gasteiger charge is -2.30. The fourth-order valence-corrected chi connectivity index (χ4v) is 4.03. The summed E-state index contributed by atoms with van der Waals surface area (Å²) in [5.41, 5.74) is 4.42. The lowest BCUT2D eigenvalue weighted by molar-refractivity contribution is -0.116. The summed E-state index contributed by atoms with van der Waals surface area (Å²) in [5, 5.41) is 12.5. The molecule has 0 saturated carbocycles. The molecule has 0 bridgehead atoms. The van der Waals surface area contributed by atoms with Gasteiger partial charge in [-0.1, -0.05) is 18.2 Å². The monoisotopic (exact) mass is 347 g/mol. The van der Waals surface area contributed by atoms with Gasteiger partial charge in [0.2, 0.25) is 5.91 Å². The van der Waals surface area contributed by atoms with Gasteiger partial charge in [0.25, 0.3) is 0 Å². The maximum Gasteiger partial charge on any atom is 0.225 e. The minimum Gasteiger partial charge on any atom is -0.495 e. The van der Waals surface area contributed by atoms with Crippen molar-refractivity contribution in [3.05, 3.63) is 53.1 Å². The summed E-state index contributed by atoms with van der Waals surface area (Å²) in [5.74, 6) is 0.619. The Kier molecular flexibility index (Phi) is 4.26. The molecular formula is C21H21N3O2. The van der Waals surface area contributed by atoms with Gasteiger partial charge in [0.1, 0.15) is 5.75 Å². The lowest BCUT2D eigenvalue weighted by Crippen LogP contribution is -2.25. The zero-order chi connectivity index (χ0) is 18.1. The van der Waals surface area contributed by atoms with Gasteiger partial charge in [0.15, 0.2) is 0 Å². The molecular weight excluding hydrogens is 326 g/mol. The summed E-state index contributed by atoms with van der Waals surface area (Å²) < 4.78 is 5.60. The zero-order valence-electron chi connectivity index (χ0n) is 14.8. The highest BCUT2D eigenvalue weighted by atomic mass is 16.5. The Bertz CT molecular complexity index is 895. The van der Waals surface area contributed by atoms with E-state index in [2.05, 4.69) is 22.4 Å². The summed E-state index contributed by atoms with van der Waals surface area (Å²) in [6, 6.07) is 13.9. The van der Waals surface area contributed by atoms with Crippen LogP contribution in [0.1, 0.15) is 41.9 Å². The van der Waals surface area contributed by atoms with Crippen LogP contribution in [0.5, 0.6) is 5.75 Å². The molecule has 0 aromatic heterocycles. The number of nitrogens with zero attached hydrogens (tertiary/aromatic N) is 2. The largest absolute Gasteiger partial charge is 0.495 e. The van der Waals surface area contributed by atoms with Crippen molar-refractivity contribution in [1.82, 2.24) is 0 Å². The number of nitrogens with one attached hydrogen (secondary N) is 1. The Morgan fingerprint density at radius 1 is 1.19 bits per heavy atom. The van der Waals surface area contributed by atoms with Gasteiger partial charge in [-0.2, -0.15) is 5.26 Å². The second-order valence-electron chi connectivity index (χ2n) is 6.81. The molecule has 26 heavy (non-hydrogen) atoms. The van der Waals surface area contributed by atoms with E-state index in [1.165, 1.54) is 12.8 Å². The number of fused-ring (bicyclic) bond motifs is 1. The van der Waals surface area contributed by atoms with Crippen molar-refractivity contribution in [1.29, 1.82) is 5.26 Å². The van der Waals surface area contributed by atoms with Gasteiger partial charge in [0, 0.05) is 37.2 Å². The van der Waals surface area contributed by atoms with E-state index in [9.17, 15) is 10.1 Å². The normalized spacial score (nSPS) is 18.8. The third-order valence-electron chi connectivity index (χ3n) is 5.29. The van der Waals surface area contributed by atoms with Crippen molar-refractivity contribution in [3.8, 4) is 11.8 Å². The molecule has 1 amide bonds. The van der Waals surface area contributed by atoms with Crippen LogP contribution in [-0.4, -0.2) is 26.1 Å². The first-order valence-corrected chi connectivity index (χ1v) is 8.97. The minimum absolute atomic E-state index is 0.0359. The van der Waals surface area contributed by atoms with Crippen LogP contribution in [0.25, 0.3) is 0 Å². The Morgan fingerprint density at radius 3 is 2.69 bits per heavy atom. The number of methoxy groups -OCH3 is 1. The highest BCUT2D eigenvalue weighted by Gasteiger charge is 2.30. The highest BCUT2D eigenvalue weighted by Crippen LogP contribution is 2.44. The Morgan fingerprint density at radius 2 is 1.96 bits per heavy atom. The zero-order valence-corrected chi connectivity index (χ0v) is 14.8. The number of rotatable bonds is 3. The van der Waals surface area contributed by atoms with E-state index in [0.29, 0.717) is 12.0 Å². The van der Waals surface area contributed by atoms with Crippen molar-refractivity contribution in [2.24, 2.45) is 0 Å². The smallest absolute Gasteiger partial charge is 0.225 e. The van der Waals surface area contributed by atoms with Gasteiger partial charge in [0.05, 0.1) is 24.4 Å². The summed E-state index contributed by atoms with van der Waals surface area (Å²) in [7, 11) is 1.66. The molecule has 4 rings (SSSR count). The first-order chi connectivity index (χ1) is 12.7. The molecule has 1 saturated heterocycles. The first-order valence-electron chi connectivity index (χ1n) is 8.97. The van der Waals surface area contributed by atoms with Crippen LogP contribution < -0.4 is 15.0 Å². The van der Waals surface area contributed by atoms with E-state index in [1.54, 1.807) is 7.11 Å². The van der Waals surface area contributed by atoms with Crippen molar-refractivity contribution >= 4 is 17.3 Å². The molecule has 1 atom stereocenters. The molecule has 1 fully saturated rings. The van der Waals surface area contributed by atoms with E-state index in [0.717, 1.165) is 41.3 Å². The van der Waals surface area contributed by atoms with Gasteiger partial charge in [-0.25, -0.2) is 0 Å². The summed E-state index contributed by atoms with van der Waals surface area (Å²) in [6.45, 7) is 2.03. The van der Waals surface area contributed by atoms with Crippen molar-refractivity contribution < 1.29 is 9.53 Å². The van der Waals surface area contributed by atoms with Crippen LogP contribution >= 0.6 is 0 Å². The van der Waals surface area contributed by atoms with Gasteiger partial charge >= 0.3 is 0 Å². The topological polar surface area (TPSA) is 65.4 Å². The average Bonchev–Trinajstić information content (AvgIpc) is 3.20. The third kappa shape index (κ3) is 2.78. The Labute approximate surface area is 153 Å². The number of amides is 1. The minimum atomic E-state index is -0.123. The number of hydrogen-bond donors (Lipinski definition) is 1. The van der Waals surface area contributed by atoms with Crippen LogP contribution in [0.3, 0.4) is 0 Å². The van der Waals surface area contributed by atoms with Gasteiger partial charge in [-0.3, -0.25) is 4.79 Å². The molecule has 2 aromatic rings. The van der Waals surface area contributed by atoms with Crippen molar-refractivity contribution in [2.75, 3.05) is 30.4 Å². The summed E-state index contributed by atoms with van der Waals surface area (Å²) in [4.78, 5) is 14.6. The van der Waals surface area contributed by atoms with Crippen LogP contribution in [0.2, 0.25) is 0 Å². The Balaban J connectivity index is 1.86. The molecule has 2 aliphatic heterocycles. The van der Waals surface area contributed by atoms with E-state index in [1.807, 2.05) is 30.3 Å². The maximum atomic E-state index is 12.3. The van der Waals surface area contributed by atoms with Crippen molar-refractivity contribution in [3.63, 3.8) is 0 Å². The second-order valence-corrected chi connectivity index (χ2v) is 6.81. The molecule has 0 aliphatic carbocycles. The van der Waals surface area contributed by atoms with Crippen molar-refractivity contribution in [2.45, 2.75) is 25.2 Å². The lowest BCUT2D eigenvalue weighted by atomic mass is 9.82. The molecule has 1 N–H and O–H groups in total. The molecule has 132 valence electrons. The number of carbonyl (C=O) groups excluding carboxylic acids is 1. The number of nitriles is 1. The van der Waals surface area contributed by atoms with Crippen LogP contribution in [0.4, 0.5) is 11.4 Å².